The Bertz CT molecular complexity index is 2440. The fraction of sp³-hybridized carbons (Fsp3) is 0.513. The van der Waals surface area contributed by atoms with Crippen LogP contribution in [0.3, 0.4) is 0 Å². The highest BCUT2D eigenvalue weighted by atomic mass is 32.5. The van der Waals surface area contributed by atoms with E-state index in [2.05, 4.69) is 29.9 Å². The summed E-state index contributed by atoms with van der Waals surface area (Å²) < 4.78 is 67.5. The number of imidazole rings is 2. The normalized spacial score (nSPS) is 30.0. The van der Waals surface area contributed by atoms with E-state index in [-0.39, 0.29) is 34.5 Å². The Morgan fingerprint density at radius 2 is 1.62 bits per heavy atom. The maximum absolute atomic E-state index is 17.1. The molecule has 2 saturated heterocycles. The molecule has 1 amide bonds. The Kier molecular flexibility index (Phi) is 11.9. The third-order valence-electron chi connectivity index (χ3n) is 11.7. The Hall–Kier alpha value is -3.98. The summed E-state index contributed by atoms with van der Waals surface area (Å²) in [5, 5.41) is -0.309. The van der Waals surface area contributed by atoms with Crippen LogP contribution in [0.2, 0.25) is 18.1 Å². The second-order valence-corrected chi connectivity index (χ2v) is 24.1. The van der Waals surface area contributed by atoms with E-state index in [0.29, 0.717) is 41.7 Å². The van der Waals surface area contributed by atoms with Crippen LogP contribution >= 0.6 is 6.72 Å². The van der Waals surface area contributed by atoms with E-state index in [1.165, 1.54) is 39.3 Å². The molecule has 7 heterocycles. The van der Waals surface area contributed by atoms with Crippen molar-refractivity contribution in [2.45, 2.75) is 114 Å². The molecular formula is C39H48F2N9O7PSSi. The van der Waals surface area contributed by atoms with Crippen molar-refractivity contribution < 1.29 is 41.4 Å². The third-order valence-corrected chi connectivity index (χ3v) is 17.7. The molecule has 16 nitrogen and oxygen atoms in total. The number of alkyl halides is 2. The van der Waals surface area contributed by atoms with Gasteiger partial charge in [-0.2, -0.15) is 0 Å². The molecule has 3 aliphatic rings. The van der Waals surface area contributed by atoms with E-state index in [1.54, 1.807) is 31.2 Å². The number of ether oxygens (including phenoxy) is 2. The first-order valence-corrected chi connectivity index (χ1v) is 25.4. The smallest absolute Gasteiger partial charge is 0.325 e. The van der Waals surface area contributed by atoms with Crippen molar-refractivity contribution in [1.29, 1.82) is 0 Å². The number of nitrogens with zero attached hydrogens (tertiary/aromatic N) is 9. The van der Waals surface area contributed by atoms with E-state index in [9.17, 15) is 9.69 Å². The summed E-state index contributed by atoms with van der Waals surface area (Å²) in [5.74, 6) is -0.127. The number of carbonyl (C=O) groups excluding carboxylic acids is 1. The molecule has 9 atom stereocenters. The number of carbonyl (C=O) groups is 1. The minimum absolute atomic E-state index is 0.111. The van der Waals surface area contributed by atoms with E-state index < -0.39 is 70.9 Å². The lowest BCUT2D eigenvalue weighted by molar-refractivity contribution is -0.0458. The van der Waals surface area contributed by atoms with Gasteiger partial charge in [0.25, 0.3) is 5.91 Å². The van der Waals surface area contributed by atoms with Crippen molar-refractivity contribution in [3.8, 4) is 0 Å². The maximum atomic E-state index is 17.1. The van der Waals surface area contributed by atoms with Gasteiger partial charge in [0.2, 0.25) is 0 Å². The van der Waals surface area contributed by atoms with Crippen LogP contribution in [0.15, 0.2) is 67.8 Å². The number of aryl methyl sites for hydroxylation is 1. The van der Waals surface area contributed by atoms with Gasteiger partial charge in [-0.3, -0.25) is 23.4 Å². The van der Waals surface area contributed by atoms with Gasteiger partial charge < -0.3 is 23.3 Å². The van der Waals surface area contributed by atoms with Crippen LogP contribution in [0.25, 0.3) is 22.3 Å². The summed E-state index contributed by atoms with van der Waals surface area (Å²) in [6.07, 6.45) is 0.0363. The van der Waals surface area contributed by atoms with E-state index in [0.717, 1.165) is 0 Å². The zero-order chi connectivity index (χ0) is 42.6. The van der Waals surface area contributed by atoms with Gasteiger partial charge in [-0.05, 0) is 61.3 Å². The van der Waals surface area contributed by atoms with Crippen molar-refractivity contribution >= 4 is 60.9 Å². The van der Waals surface area contributed by atoms with Gasteiger partial charge in [0.15, 0.2) is 55.7 Å². The molecule has 1 N–H and O–H groups in total. The second kappa shape index (κ2) is 16.7. The molecule has 0 radical (unpaired) electrons. The van der Waals surface area contributed by atoms with E-state index >= 15 is 8.78 Å². The lowest BCUT2D eigenvalue weighted by Crippen LogP contribution is -2.49. The number of benzene rings is 1. The Morgan fingerprint density at radius 3 is 2.32 bits per heavy atom. The van der Waals surface area contributed by atoms with Gasteiger partial charge in [0, 0.05) is 12.1 Å². The average molecular weight is 884 g/mol. The molecule has 0 aliphatic carbocycles. The van der Waals surface area contributed by atoms with Crippen LogP contribution in [0.5, 0.6) is 0 Å². The molecule has 21 heteroatoms. The predicted octanol–water partition coefficient (Wildman–Crippen LogP) is 6.71. The van der Waals surface area contributed by atoms with Crippen molar-refractivity contribution in [3.05, 3.63) is 79.1 Å². The molecule has 2 unspecified atom stereocenters. The molecule has 3 aliphatic heterocycles. The molecular weight excluding hydrogens is 836 g/mol. The fourth-order valence-electron chi connectivity index (χ4n) is 7.45. The number of aromatic nitrogens is 8. The molecule has 320 valence electrons. The van der Waals surface area contributed by atoms with Gasteiger partial charge in [0.1, 0.15) is 36.5 Å². The van der Waals surface area contributed by atoms with Crippen molar-refractivity contribution in [3.63, 3.8) is 0 Å². The average Bonchev–Trinajstić information content (AvgIpc) is 3.99. The SMILES string of the molecule is CC[C@H]1O[C@@H]2[C@H](F)[C@@H]1OP(O)(=S)OC[C@H]1OC([C@H](F)[C@@H]1O[Si](C)(C)C(C)(C)C)n1cnc3c(ncnc31)N(C(=O)c1ccccc1)C/C=C/CCc1ncnc3c1ncn32. The van der Waals surface area contributed by atoms with Gasteiger partial charge >= 0.3 is 6.72 Å². The molecule has 2 fully saturated rings. The molecule has 4 aromatic heterocycles. The van der Waals surface area contributed by atoms with Gasteiger partial charge in [-0.25, -0.2) is 38.7 Å². The lowest BCUT2D eigenvalue weighted by atomic mass is 10.1. The van der Waals surface area contributed by atoms with Gasteiger partial charge in [0.05, 0.1) is 31.1 Å². The topological polar surface area (TPSA) is 174 Å². The van der Waals surface area contributed by atoms with Gasteiger partial charge in [-0.15, -0.1) is 0 Å². The molecule has 12 bridgehead atoms. The summed E-state index contributed by atoms with van der Waals surface area (Å²) in [5.41, 5.74) is 2.33. The largest absolute Gasteiger partial charge is 0.408 e. The van der Waals surface area contributed by atoms with Crippen molar-refractivity contribution in [2.24, 2.45) is 0 Å². The monoisotopic (exact) mass is 883 g/mol. The number of amides is 1. The summed E-state index contributed by atoms with van der Waals surface area (Å²) >= 11 is 5.46. The van der Waals surface area contributed by atoms with E-state index in [1.807, 2.05) is 52.1 Å². The first-order chi connectivity index (χ1) is 28.6. The van der Waals surface area contributed by atoms with Crippen LogP contribution in [0.1, 0.15) is 69.0 Å². The summed E-state index contributed by atoms with van der Waals surface area (Å²) in [4.78, 5) is 54.1. The van der Waals surface area contributed by atoms with Crippen molar-refractivity contribution in [1.82, 2.24) is 39.0 Å². The van der Waals surface area contributed by atoms with E-state index in [4.69, 9.17) is 34.8 Å². The number of fused-ring (bicyclic) bond motifs is 6. The molecule has 0 spiro atoms. The minimum Gasteiger partial charge on any atom is -0.408 e. The molecule has 5 aromatic rings. The summed E-state index contributed by atoms with van der Waals surface area (Å²) in [6.45, 7) is 7.32. The van der Waals surface area contributed by atoms with Crippen molar-refractivity contribution in [2.75, 3.05) is 18.1 Å². The number of hydrogen-bond acceptors (Lipinski definition) is 13. The zero-order valence-corrected chi connectivity index (χ0v) is 36.7. The third kappa shape index (κ3) is 8.09. The van der Waals surface area contributed by atoms with Gasteiger partial charge in [-0.1, -0.05) is 58.0 Å². The predicted molar refractivity (Wildman–Crippen MR) is 224 cm³/mol. The van der Waals surface area contributed by atoms with Crippen LogP contribution in [0.4, 0.5) is 14.6 Å². The highest BCUT2D eigenvalue weighted by Crippen LogP contribution is 2.51. The highest BCUT2D eigenvalue weighted by molar-refractivity contribution is 8.07. The zero-order valence-electron chi connectivity index (χ0n) is 34.0. The first-order valence-electron chi connectivity index (χ1n) is 19.9. The Morgan fingerprint density at radius 1 is 0.950 bits per heavy atom. The van der Waals surface area contributed by atoms with Crippen LogP contribution < -0.4 is 4.90 Å². The highest BCUT2D eigenvalue weighted by Gasteiger charge is 2.53. The standard InChI is InChI=1S/C39H48F2N9O7PSSi/c1-7-25-31-27(40)37(54-25)49-21-46-29-24(42-19-43-33(29)49)16-12-9-13-17-48(36(51)23-14-10-8-11-15-23)34-30-35(45-20-44-34)50(22-47-30)38-28(41)32(57-60(5,6)39(2,3)4)26(55-38)18-53-58(52,59)56-31/h8-11,13-15,19-22,25-28,31-32,37-38H,7,12,16-18H2,1-6H3,(H,52,59)/b13-9+/t25-,26-,27-,28-,31-,32-,37-,38?,58?/m1/s1. The maximum Gasteiger partial charge on any atom is 0.325 e. The molecule has 60 heavy (non-hydrogen) atoms. The lowest BCUT2D eigenvalue weighted by Gasteiger charge is -2.39. The van der Waals surface area contributed by atoms with Crippen LogP contribution in [-0.4, -0.2) is 108 Å². The Balaban J connectivity index is 1.20. The second-order valence-electron chi connectivity index (χ2n) is 16.6. The van der Waals surface area contributed by atoms with Crippen LogP contribution in [0, 0.1) is 0 Å². The molecule has 8 rings (SSSR count). The number of hydrogen-bond donors (Lipinski definition) is 1. The molecule has 1 aromatic carbocycles. The first kappa shape index (κ1) is 42.7. The number of halogens is 2. The summed E-state index contributed by atoms with van der Waals surface area (Å²) in [7, 11) is -2.65. The van der Waals surface area contributed by atoms with Crippen LogP contribution in [-0.2, 0) is 41.2 Å². The number of anilines is 1. The number of allylic oxidation sites excluding steroid dienone is 1. The summed E-state index contributed by atoms with van der Waals surface area (Å²) in [6, 6.07) is 8.78. The molecule has 0 saturated carbocycles. The quantitative estimate of drug-likeness (QED) is 0.115. The number of rotatable bonds is 4. The Labute approximate surface area is 351 Å². The fourth-order valence-corrected chi connectivity index (χ4v) is 10.2. The minimum atomic E-state index is -4.22.